The molecule has 0 aliphatic heterocycles. The van der Waals surface area contributed by atoms with Gasteiger partial charge in [-0.25, -0.2) is 0 Å². The number of aromatic nitrogens is 2. The second-order valence-electron chi connectivity index (χ2n) is 6.76. The van der Waals surface area contributed by atoms with Crippen LogP contribution in [0, 0.1) is 6.92 Å². The van der Waals surface area contributed by atoms with Gasteiger partial charge in [0.15, 0.2) is 11.5 Å². The minimum absolute atomic E-state index is 0.449. The molecule has 4 nitrogen and oxygen atoms in total. The van der Waals surface area contributed by atoms with Crippen LogP contribution in [0.1, 0.15) is 36.6 Å². The predicted octanol–water partition coefficient (Wildman–Crippen LogP) is 5.53. The van der Waals surface area contributed by atoms with Gasteiger partial charge in [0.2, 0.25) is 0 Å². The Morgan fingerprint density at radius 3 is 2.33 bits per heavy atom. The van der Waals surface area contributed by atoms with Crippen LogP contribution in [-0.2, 0) is 6.54 Å². The highest BCUT2D eigenvalue weighted by Crippen LogP contribution is 2.40. The van der Waals surface area contributed by atoms with Gasteiger partial charge in [-0.2, -0.15) is 0 Å². The topological polar surface area (TPSA) is 36.3 Å². The molecule has 3 rings (SSSR count). The third-order valence-electron chi connectivity index (χ3n) is 4.56. The maximum Gasteiger partial charge on any atom is 0.161 e. The fourth-order valence-electron chi connectivity index (χ4n) is 3.07. The van der Waals surface area contributed by atoms with Crippen LogP contribution in [-0.4, -0.2) is 23.8 Å². The highest BCUT2D eigenvalue weighted by molar-refractivity contribution is 7.99. The van der Waals surface area contributed by atoms with Crippen molar-refractivity contribution >= 4 is 11.8 Å². The minimum Gasteiger partial charge on any atom is -0.493 e. The van der Waals surface area contributed by atoms with Crippen molar-refractivity contribution < 1.29 is 9.47 Å². The number of nitrogens with zero attached hydrogens (tertiary/aromatic N) is 2. The SMILES string of the molecule is COc1ccc(Sc2c(C(C)C)cc(C)n2Cc2ccncc2)cc1OC. The summed E-state index contributed by atoms with van der Waals surface area (Å²) in [5.41, 5.74) is 3.87. The summed E-state index contributed by atoms with van der Waals surface area (Å²) in [5, 5.41) is 1.27. The number of pyridine rings is 1. The van der Waals surface area contributed by atoms with Crippen LogP contribution in [0.4, 0.5) is 0 Å². The Morgan fingerprint density at radius 1 is 1.00 bits per heavy atom. The smallest absolute Gasteiger partial charge is 0.161 e. The molecule has 5 heteroatoms. The van der Waals surface area contributed by atoms with Crippen molar-refractivity contribution in [1.29, 1.82) is 0 Å². The third-order valence-corrected chi connectivity index (χ3v) is 5.70. The number of ether oxygens (including phenoxy) is 2. The molecule has 1 aromatic carbocycles. The Bertz CT molecular complexity index is 904. The summed E-state index contributed by atoms with van der Waals surface area (Å²) in [6.07, 6.45) is 3.69. The van der Waals surface area contributed by atoms with E-state index >= 15 is 0 Å². The van der Waals surface area contributed by atoms with Crippen LogP contribution < -0.4 is 9.47 Å². The third kappa shape index (κ3) is 4.30. The van der Waals surface area contributed by atoms with E-state index in [2.05, 4.69) is 54.6 Å². The molecule has 0 radical (unpaired) electrons. The summed E-state index contributed by atoms with van der Waals surface area (Å²) in [6.45, 7) is 7.48. The second kappa shape index (κ2) is 8.53. The van der Waals surface area contributed by atoms with Gasteiger partial charge in [-0.1, -0.05) is 25.6 Å². The average molecular weight is 383 g/mol. The van der Waals surface area contributed by atoms with E-state index in [1.165, 1.54) is 21.8 Å². The van der Waals surface area contributed by atoms with E-state index in [1.807, 2.05) is 24.5 Å². The molecule has 0 atom stereocenters. The molecule has 0 aliphatic rings. The number of hydrogen-bond donors (Lipinski definition) is 0. The maximum atomic E-state index is 5.47. The first-order valence-corrected chi connectivity index (χ1v) is 9.84. The van der Waals surface area contributed by atoms with Crippen molar-refractivity contribution in [3.63, 3.8) is 0 Å². The quantitative estimate of drug-likeness (QED) is 0.538. The summed E-state index contributed by atoms with van der Waals surface area (Å²) in [5.74, 6) is 1.94. The zero-order chi connectivity index (χ0) is 19.4. The van der Waals surface area contributed by atoms with Gasteiger partial charge in [0.05, 0.1) is 19.2 Å². The number of rotatable bonds is 7. The van der Waals surface area contributed by atoms with Gasteiger partial charge in [0.1, 0.15) is 0 Å². The molecule has 0 fully saturated rings. The van der Waals surface area contributed by atoms with Crippen molar-refractivity contribution in [2.45, 2.75) is 43.2 Å². The molecule has 27 heavy (non-hydrogen) atoms. The highest BCUT2D eigenvalue weighted by Gasteiger charge is 2.18. The Labute approximate surface area is 165 Å². The molecule has 0 amide bonds. The van der Waals surface area contributed by atoms with Gasteiger partial charge in [0.25, 0.3) is 0 Å². The normalized spacial score (nSPS) is 11.0. The molecule has 2 aromatic heterocycles. The number of aryl methyl sites for hydroxylation is 1. The first-order valence-electron chi connectivity index (χ1n) is 9.02. The largest absolute Gasteiger partial charge is 0.493 e. The molecule has 0 saturated carbocycles. The number of methoxy groups -OCH3 is 2. The summed E-state index contributed by atoms with van der Waals surface area (Å²) in [6, 6.07) is 12.5. The number of hydrogen-bond acceptors (Lipinski definition) is 4. The van der Waals surface area contributed by atoms with Gasteiger partial charge < -0.3 is 14.0 Å². The van der Waals surface area contributed by atoms with E-state index in [4.69, 9.17) is 9.47 Å². The molecular weight excluding hydrogens is 356 g/mol. The molecular formula is C22H26N2O2S. The maximum absolute atomic E-state index is 5.47. The first kappa shape index (κ1) is 19.4. The van der Waals surface area contributed by atoms with Gasteiger partial charge in [0, 0.05) is 29.5 Å². The monoisotopic (exact) mass is 382 g/mol. The highest BCUT2D eigenvalue weighted by atomic mass is 32.2. The summed E-state index contributed by atoms with van der Waals surface area (Å²) >= 11 is 1.77. The van der Waals surface area contributed by atoms with Crippen LogP contribution in [0.3, 0.4) is 0 Å². The van der Waals surface area contributed by atoms with E-state index < -0.39 is 0 Å². The Morgan fingerprint density at radius 2 is 1.70 bits per heavy atom. The van der Waals surface area contributed by atoms with Crippen molar-refractivity contribution in [3.05, 3.63) is 65.6 Å². The van der Waals surface area contributed by atoms with E-state index in [1.54, 1.807) is 26.0 Å². The van der Waals surface area contributed by atoms with Crippen LogP contribution >= 0.6 is 11.8 Å². The van der Waals surface area contributed by atoms with Gasteiger partial charge in [-0.3, -0.25) is 4.98 Å². The molecule has 142 valence electrons. The standard InChI is InChI=1S/C22H26N2O2S/c1-15(2)19-12-16(3)24(14-17-8-10-23-11-9-17)22(19)27-18-6-7-20(25-4)21(13-18)26-5/h6-13,15H,14H2,1-5H3. The minimum atomic E-state index is 0.449. The molecule has 0 unspecified atom stereocenters. The van der Waals surface area contributed by atoms with Gasteiger partial charge >= 0.3 is 0 Å². The first-order chi connectivity index (χ1) is 13.0. The lowest BCUT2D eigenvalue weighted by Crippen LogP contribution is -2.04. The van der Waals surface area contributed by atoms with Crippen molar-refractivity contribution in [2.75, 3.05) is 14.2 Å². The molecule has 0 saturated heterocycles. The lowest BCUT2D eigenvalue weighted by atomic mass is 10.1. The average Bonchev–Trinajstić information content (AvgIpc) is 2.98. The van der Waals surface area contributed by atoms with E-state index in [-0.39, 0.29) is 0 Å². The molecule has 0 aliphatic carbocycles. The van der Waals surface area contributed by atoms with Gasteiger partial charge in [-0.15, -0.1) is 0 Å². The summed E-state index contributed by atoms with van der Waals surface area (Å²) in [7, 11) is 3.33. The zero-order valence-electron chi connectivity index (χ0n) is 16.5. The second-order valence-corrected chi connectivity index (χ2v) is 7.82. The Kier molecular flexibility index (Phi) is 6.11. The van der Waals surface area contributed by atoms with Crippen LogP contribution in [0.5, 0.6) is 11.5 Å². The summed E-state index contributed by atoms with van der Waals surface area (Å²) < 4.78 is 13.2. The van der Waals surface area contributed by atoms with Crippen molar-refractivity contribution in [3.8, 4) is 11.5 Å². The lowest BCUT2D eigenvalue weighted by molar-refractivity contribution is 0.354. The van der Waals surface area contributed by atoms with Crippen molar-refractivity contribution in [1.82, 2.24) is 9.55 Å². The molecule has 2 heterocycles. The molecule has 0 bridgehead atoms. The van der Waals surface area contributed by atoms with E-state index in [0.29, 0.717) is 5.92 Å². The fraction of sp³-hybridized carbons (Fsp3) is 0.318. The number of benzene rings is 1. The molecule has 0 spiro atoms. The summed E-state index contributed by atoms with van der Waals surface area (Å²) in [4.78, 5) is 5.26. The molecule has 0 N–H and O–H groups in total. The van der Waals surface area contributed by atoms with Crippen LogP contribution in [0.15, 0.2) is 58.7 Å². The van der Waals surface area contributed by atoms with E-state index in [9.17, 15) is 0 Å². The zero-order valence-corrected chi connectivity index (χ0v) is 17.3. The van der Waals surface area contributed by atoms with Crippen LogP contribution in [0.2, 0.25) is 0 Å². The fourth-order valence-corrected chi connectivity index (χ4v) is 4.32. The lowest BCUT2D eigenvalue weighted by Gasteiger charge is -2.15. The Balaban J connectivity index is 2.00. The van der Waals surface area contributed by atoms with Crippen LogP contribution in [0.25, 0.3) is 0 Å². The molecule has 3 aromatic rings. The van der Waals surface area contributed by atoms with E-state index in [0.717, 1.165) is 22.9 Å². The van der Waals surface area contributed by atoms with Crippen molar-refractivity contribution in [2.24, 2.45) is 0 Å². The Hall–Kier alpha value is -2.40. The predicted molar refractivity (Wildman–Crippen MR) is 110 cm³/mol. The van der Waals surface area contributed by atoms with Gasteiger partial charge in [-0.05, 0) is 60.4 Å².